The summed E-state index contributed by atoms with van der Waals surface area (Å²) in [4.78, 5) is 0. The number of aliphatic hydroxyl groups is 1. The van der Waals surface area contributed by atoms with Crippen LogP contribution in [-0.2, 0) is 0 Å². The fraction of sp³-hybridized carbons (Fsp3) is 1.00. The Bertz CT molecular complexity index is 96.7. The summed E-state index contributed by atoms with van der Waals surface area (Å²) in [5.74, 6) is 0.506. The van der Waals surface area contributed by atoms with Crippen molar-refractivity contribution in [2.24, 2.45) is 5.92 Å². The summed E-state index contributed by atoms with van der Waals surface area (Å²) < 4.78 is 0. The predicted molar refractivity (Wildman–Crippen MR) is 38.3 cm³/mol. The molecule has 1 N–H and O–H groups in total. The largest absolute Gasteiger partial charge is 0.390 e. The Labute approximate surface area is 57.1 Å². The fourth-order valence-corrected chi connectivity index (χ4v) is 1.49. The van der Waals surface area contributed by atoms with E-state index in [0.717, 1.165) is 6.42 Å². The van der Waals surface area contributed by atoms with E-state index in [2.05, 4.69) is 6.92 Å². The Morgan fingerprint density at radius 3 is 2.44 bits per heavy atom. The van der Waals surface area contributed by atoms with Crippen LogP contribution < -0.4 is 0 Å². The molecule has 54 valence electrons. The van der Waals surface area contributed by atoms with E-state index in [-0.39, 0.29) is 5.60 Å². The standard InChI is InChI=1S/C8H16O/c1-7-5-3-4-6-8(7,2)9/h7,9H,3-6H2,1-2H3/t7-,8?/m0/s1. The molecule has 9 heavy (non-hydrogen) atoms. The maximum atomic E-state index is 9.64. The predicted octanol–water partition coefficient (Wildman–Crippen LogP) is 1.95. The Kier molecular flexibility index (Phi) is 1.80. The second-order valence-electron chi connectivity index (χ2n) is 3.50. The SMILES string of the molecule is C[C@H]1CCCCC1(C)O. The molecule has 0 heterocycles. The van der Waals surface area contributed by atoms with Crippen LogP contribution in [0.15, 0.2) is 0 Å². The average molecular weight is 128 g/mol. The first-order valence-electron chi connectivity index (χ1n) is 3.85. The second kappa shape index (κ2) is 2.30. The first-order valence-corrected chi connectivity index (χ1v) is 3.85. The zero-order valence-electron chi connectivity index (χ0n) is 6.35. The number of hydrogen-bond acceptors (Lipinski definition) is 1. The molecule has 1 unspecified atom stereocenters. The van der Waals surface area contributed by atoms with E-state index in [1.807, 2.05) is 6.92 Å². The van der Waals surface area contributed by atoms with Crippen LogP contribution in [0.2, 0.25) is 0 Å². The molecule has 2 atom stereocenters. The van der Waals surface area contributed by atoms with Gasteiger partial charge in [-0.15, -0.1) is 0 Å². The van der Waals surface area contributed by atoms with Crippen LogP contribution in [0.3, 0.4) is 0 Å². The molecular weight excluding hydrogens is 112 g/mol. The smallest absolute Gasteiger partial charge is 0.0645 e. The molecule has 1 nitrogen and oxygen atoms in total. The summed E-state index contributed by atoms with van der Waals surface area (Å²) in [7, 11) is 0. The van der Waals surface area contributed by atoms with E-state index < -0.39 is 0 Å². The van der Waals surface area contributed by atoms with Crippen molar-refractivity contribution >= 4 is 0 Å². The molecule has 1 aliphatic carbocycles. The summed E-state index contributed by atoms with van der Waals surface area (Å²) in [6.45, 7) is 4.09. The Morgan fingerprint density at radius 2 is 2.11 bits per heavy atom. The molecule has 0 spiro atoms. The van der Waals surface area contributed by atoms with Gasteiger partial charge in [-0.3, -0.25) is 0 Å². The van der Waals surface area contributed by atoms with Crippen LogP contribution in [0.25, 0.3) is 0 Å². The molecule has 0 aliphatic heterocycles. The van der Waals surface area contributed by atoms with Crippen molar-refractivity contribution in [3.63, 3.8) is 0 Å². The van der Waals surface area contributed by atoms with Crippen molar-refractivity contribution < 1.29 is 5.11 Å². The van der Waals surface area contributed by atoms with Crippen LogP contribution >= 0.6 is 0 Å². The second-order valence-corrected chi connectivity index (χ2v) is 3.50. The van der Waals surface area contributed by atoms with Crippen LogP contribution in [-0.4, -0.2) is 10.7 Å². The number of rotatable bonds is 0. The van der Waals surface area contributed by atoms with Gasteiger partial charge in [-0.2, -0.15) is 0 Å². The maximum absolute atomic E-state index is 9.64. The van der Waals surface area contributed by atoms with Crippen LogP contribution in [0.5, 0.6) is 0 Å². The molecule has 1 heteroatoms. The van der Waals surface area contributed by atoms with E-state index >= 15 is 0 Å². The van der Waals surface area contributed by atoms with Crippen molar-refractivity contribution in [1.82, 2.24) is 0 Å². The normalized spacial score (nSPS) is 45.0. The lowest BCUT2D eigenvalue weighted by Gasteiger charge is -2.34. The zero-order valence-corrected chi connectivity index (χ0v) is 6.35. The van der Waals surface area contributed by atoms with E-state index in [4.69, 9.17) is 0 Å². The van der Waals surface area contributed by atoms with Crippen LogP contribution in [0.4, 0.5) is 0 Å². The quantitative estimate of drug-likeness (QED) is 0.528. The molecule has 1 fully saturated rings. The molecule has 1 aliphatic rings. The minimum Gasteiger partial charge on any atom is -0.390 e. The van der Waals surface area contributed by atoms with Crippen molar-refractivity contribution in [2.45, 2.75) is 45.1 Å². The molecule has 0 radical (unpaired) electrons. The van der Waals surface area contributed by atoms with Gasteiger partial charge in [-0.25, -0.2) is 0 Å². The van der Waals surface area contributed by atoms with Gasteiger partial charge in [0.05, 0.1) is 5.60 Å². The molecule has 0 aromatic heterocycles. The van der Waals surface area contributed by atoms with Crippen LogP contribution in [0, 0.1) is 5.92 Å². The molecule has 0 bridgehead atoms. The first-order chi connectivity index (χ1) is 4.13. The summed E-state index contributed by atoms with van der Waals surface area (Å²) >= 11 is 0. The lowest BCUT2D eigenvalue weighted by atomic mass is 9.78. The summed E-state index contributed by atoms with van der Waals surface area (Å²) in [6, 6.07) is 0. The average Bonchev–Trinajstić information content (AvgIpc) is 1.77. The fourth-order valence-electron chi connectivity index (χ4n) is 1.49. The highest BCUT2D eigenvalue weighted by Crippen LogP contribution is 2.32. The molecular formula is C8H16O. The molecule has 1 rings (SSSR count). The third kappa shape index (κ3) is 1.45. The minimum atomic E-state index is -0.363. The lowest BCUT2D eigenvalue weighted by molar-refractivity contribution is -0.0239. The Hall–Kier alpha value is -0.0400. The van der Waals surface area contributed by atoms with E-state index in [1.165, 1.54) is 19.3 Å². The highest BCUT2D eigenvalue weighted by Gasteiger charge is 2.30. The summed E-state index contributed by atoms with van der Waals surface area (Å²) in [5.41, 5.74) is -0.363. The molecule has 0 amide bonds. The topological polar surface area (TPSA) is 20.2 Å². The molecule has 1 saturated carbocycles. The van der Waals surface area contributed by atoms with Gasteiger partial charge in [0.25, 0.3) is 0 Å². The molecule has 0 aromatic carbocycles. The monoisotopic (exact) mass is 128 g/mol. The van der Waals surface area contributed by atoms with Gasteiger partial charge in [-0.1, -0.05) is 19.8 Å². The van der Waals surface area contributed by atoms with Gasteiger partial charge in [-0.05, 0) is 25.7 Å². The van der Waals surface area contributed by atoms with Gasteiger partial charge < -0.3 is 5.11 Å². The first kappa shape index (κ1) is 7.07. The highest BCUT2D eigenvalue weighted by atomic mass is 16.3. The van der Waals surface area contributed by atoms with Gasteiger partial charge in [0.1, 0.15) is 0 Å². The Morgan fingerprint density at radius 1 is 1.44 bits per heavy atom. The van der Waals surface area contributed by atoms with Gasteiger partial charge in [0.2, 0.25) is 0 Å². The maximum Gasteiger partial charge on any atom is 0.0645 e. The van der Waals surface area contributed by atoms with Gasteiger partial charge in [0, 0.05) is 0 Å². The Balaban J connectivity index is 2.49. The van der Waals surface area contributed by atoms with Gasteiger partial charge in [0.15, 0.2) is 0 Å². The van der Waals surface area contributed by atoms with Crippen molar-refractivity contribution in [2.75, 3.05) is 0 Å². The van der Waals surface area contributed by atoms with E-state index in [0.29, 0.717) is 5.92 Å². The van der Waals surface area contributed by atoms with Gasteiger partial charge >= 0.3 is 0 Å². The number of hydrogen-bond donors (Lipinski definition) is 1. The van der Waals surface area contributed by atoms with Crippen molar-refractivity contribution in [3.05, 3.63) is 0 Å². The highest BCUT2D eigenvalue weighted by molar-refractivity contribution is 4.82. The van der Waals surface area contributed by atoms with E-state index in [1.54, 1.807) is 0 Å². The lowest BCUT2D eigenvalue weighted by Crippen LogP contribution is -2.35. The zero-order chi connectivity index (χ0) is 6.91. The summed E-state index contributed by atoms with van der Waals surface area (Å²) in [5, 5.41) is 9.64. The molecule has 0 aromatic rings. The van der Waals surface area contributed by atoms with E-state index in [9.17, 15) is 5.11 Å². The van der Waals surface area contributed by atoms with Crippen molar-refractivity contribution in [3.8, 4) is 0 Å². The minimum absolute atomic E-state index is 0.363. The third-order valence-corrected chi connectivity index (χ3v) is 2.63. The van der Waals surface area contributed by atoms with Crippen LogP contribution in [0.1, 0.15) is 39.5 Å². The molecule has 0 saturated heterocycles. The third-order valence-electron chi connectivity index (χ3n) is 2.63. The van der Waals surface area contributed by atoms with Crippen molar-refractivity contribution in [1.29, 1.82) is 0 Å². The summed E-state index contributed by atoms with van der Waals surface area (Å²) in [6.07, 6.45) is 4.70.